The van der Waals surface area contributed by atoms with Crippen molar-refractivity contribution in [2.45, 2.75) is 45.6 Å². The molecule has 1 aromatic rings. The molecule has 130 valence electrons. The van der Waals surface area contributed by atoms with Crippen LogP contribution in [0.15, 0.2) is 0 Å². The summed E-state index contributed by atoms with van der Waals surface area (Å²) in [5.41, 5.74) is 1.39. The summed E-state index contributed by atoms with van der Waals surface area (Å²) in [4.78, 5) is 34.8. The zero-order valence-electron chi connectivity index (χ0n) is 14.6. The molecule has 0 aromatic carbocycles. The molecule has 0 aliphatic carbocycles. The van der Waals surface area contributed by atoms with E-state index >= 15 is 0 Å². The van der Waals surface area contributed by atoms with E-state index in [0.29, 0.717) is 36.9 Å². The lowest BCUT2D eigenvalue weighted by molar-refractivity contribution is -0.132. The number of amides is 2. The van der Waals surface area contributed by atoms with E-state index in [4.69, 9.17) is 4.98 Å². The Morgan fingerprint density at radius 1 is 1.29 bits per heavy atom. The van der Waals surface area contributed by atoms with Gasteiger partial charge in [0.1, 0.15) is 17.3 Å². The number of hydrogen-bond donors (Lipinski definition) is 2. The summed E-state index contributed by atoms with van der Waals surface area (Å²) < 4.78 is 0. The first-order valence-electron chi connectivity index (χ1n) is 8.62. The van der Waals surface area contributed by atoms with Crippen LogP contribution in [0.2, 0.25) is 0 Å². The van der Waals surface area contributed by atoms with Crippen molar-refractivity contribution in [2.24, 2.45) is 5.92 Å². The Morgan fingerprint density at radius 2 is 2.08 bits per heavy atom. The van der Waals surface area contributed by atoms with Gasteiger partial charge in [-0.3, -0.25) is 9.59 Å². The summed E-state index contributed by atoms with van der Waals surface area (Å²) in [6.07, 6.45) is 2.79. The molecule has 1 aromatic heterocycles. The monoisotopic (exact) mass is 331 g/mol. The number of rotatable bonds is 4. The average Bonchev–Trinajstić information content (AvgIpc) is 2.51. The number of carbonyl (C=O) groups is 2. The van der Waals surface area contributed by atoms with Gasteiger partial charge in [0.25, 0.3) is 5.91 Å². The second kappa shape index (κ2) is 6.75. The number of carbonyl (C=O) groups excluding carboxylic acids is 2. The van der Waals surface area contributed by atoms with Gasteiger partial charge in [-0.15, -0.1) is 0 Å². The molecular formula is C17H25N5O2. The third kappa shape index (κ3) is 3.49. The van der Waals surface area contributed by atoms with Crippen molar-refractivity contribution in [1.29, 1.82) is 0 Å². The van der Waals surface area contributed by atoms with Gasteiger partial charge in [-0.2, -0.15) is 0 Å². The van der Waals surface area contributed by atoms with Gasteiger partial charge in [0.2, 0.25) is 5.91 Å². The van der Waals surface area contributed by atoms with Gasteiger partial charge in [0.05, 0.1) is 0 Å². The molecule has 2 amide bonds. The summed E-state index contributed by atoms with van der Waals surface area (Å²) in [5, 5.41) is 6.32. The first-order chi connectivity index (χ1) is 11.4. The molecule has 0 spiro atoms. The first-order valence-corrected chi connectivity index (χ1v) is 8.62. The van der Waals surface area contributed by atoms with Crippen LogP contribution in [0.25, 0.3) is 0 Å². The molecule has 7 nitrogen and oxygen atoms in total. The van der Waals surface area contributed by atoms with E-state index in [1.54, 1.807) is 4.90 Å². The lowest BCUT2D eigenvalue weighted by Gasteiger charge is -2.31. The largest absolute Gasteiger partial charge is 0.365 e. The average molecular weight is 331 g/mol. The van der Waals surface area contributed by atoms with E-state index in [2.05, 4.69) is 29.5 Å². The minimum Gasteiger partial charge on any atom is -0.365 e. The lowest BCUT2D eigenvalue weighted by Crippen LogP contribution is -2.44. The zero-order valence-corrected chi connectivity index (χ0v) is 14.6. The SMILES string of the molecule is CC(C)Cc1nc(NC2CCC(=O)N(C)C2)c2c(n1)C(=O)NCC2. The summed E-state index contributed by atoms with van der Waals surface area (Å²) in [5.74, 6) is 1.93. The summed E-state index contributed by atoms with van der Waals surface area (Å²) >= 11 is 0. The highest BCUT2D eigenvalue weighted by atomic mass is 16.2. The highest BCUT2D eigenvalue weighted by Gasteiger charge is 2.27. The predicted molar refractivity (Wildman–Crippen MR) is 90.9 cm³/mol. The van der Waals surface area contributed by atoms with E-state index in [9.17, 15) is 9.59 Å². The molecule has 3 heterocycles. The number of aromatic nitrogens is 2. The van der Waals surface area contributed by atoms with Gasteiger partial charge in [0.15, 0.2) is 0 Å². The molecular weight excluding hydrogens is 306 g/mol. The van der Waals surface area contributed by atoms with Crippen LogP contribution in [0.4, 0.5) is 5.82 Å². The highest BCUT2D eigenvalue weighted by molar-refractivity contribution is 5.96. The Hall–Kier alpha value is -2.18. The van der Waals surface area contributed by atoms with E-state index < -0.39 is 0 Å². The third-order valence-electron chi connectivity index (χ3n) is 4.49. The van der Waals surface area contributed by atoms with Crippen LogP contribution >= 0.6 is 0 Å². The smallest absolute Gasteiger partial charge is 0.270 e. The molecule has 2 aliphatic heterocycles. The molecule has 2 N–H and O–H groups in total. The summed E-state index contributed by atoms with van der Waals surface area (Å²) in [6, 6.07) is 0.156. The Kier molecular flexibility index (Phi) is 4.69. The van der Waals surface area contributed by atoms with Crippen molar-refractivity contribution in [1.82, 2.24) is 20.2 Å². The van der Waals surface area contributed by atoms with Crippen molar-refractivity contribution in [3.05, 3.63) is 17.1 Å². The summed E-state index contributed by atoms with van der Waals surface area (Å²) in [7, 11) is 1.82. The normalized spacial score (nSPS) is 20.8. The maximum absolute atomic E-state index is 12.2. The van der Waals surface area contributed by atoms with Crippen LogP contribution < -0.4 is 10.6 Å². The standard InChI is InChI=1S/C17H25N5O2/c1-10(2)8-13-20-15-12(6-7-18-17(15)24)16(21-13)19-11-4-5-14(23)22(3)9-11/h10-11H,4-9H2,1-3H3,(H,18,24)(H,19,20,21). The number of nitrogens with zero attached hydrogens (tertiary/aromatic N) is 3. The fourth-order valence-corrected chi connectivity index (χ4v) is 3.24. The third-order valence-corrected chi connectivity index (χ3v) is 4.49. The maximum Gasteiger partial charge on any atom is 0.270 e. The molecule has 24 heavy (non-hydrogen) atoms. The van der Waals surface area contributed by atoms with Crippen molar-refractivity contribution in [3.8, 4) is 0 Å². The highest BCUT2D eigenvalue weighted by Crippen LogP contribution is 2.24. The number of piperidine rings is 1. The fourth-order valence-electron chi connectivity index (χ4n) is 3.24. The van der Waals surface area contributed by atoms with E-state index in [0.717, 1.165) is 30.6 Å². The molecule has 0 radical (unpaired) electrons. The number of anilines is 1. The Labute approximate surface area is 142 Å². The number of hydrogen-bond acceptors (Lipinski definition) is 5. The number of fused-ring (bicyclic) bond motifs is 1. The van der Waals surface area contributed by atoms with Crippen LogP contribution in [-0.4, -0.2) is 52.9 Å². The van der Waals surface area contributed by atoms with Gasteiger partial charge < -0.3 is 15.5 Å². The lowest BCUT2D eigenvalue weighted by atomic mass is 10.0. The van der Waals surface area contributed by atoms with Gasteiger partial charge in [-0.25, -0.2) is 9.97 Å². The van der Waals surface area contributed by atoms with Crippen LogP contribution in [0.3, 0.4) is 0 Å². The molecule has 3 rings (SSSR count). The maximum atomic E-state index is 12.2. The van der Waals surface area contributed by atoms with E-state index in [1.165, 1.54) is 0 Å². The molecule has 1 saturated heterocycles. The zero-order chi connectivity index (χ0) is 17.3. The van der Waals surface area contributed by atoms with Crippen molar-refractivity contribution < 1.29 is 9.59 Å². The molecule has 0 saturated carbocycles. The topological polar surface area (TPSA) is 87.2 Å². The predicted octanol–water partition coefficient (Wildman–Crippen LogP) is 0.994. The molecule has 0 bridgehead atoms. The Balaban J connectivity index is 1.89. The van der Waals surface area contributed by atoms with Crippen molar-refractivity contribution in [2.75, 3.05) is 25.5 Å². The Morgan fingerprint density at radius 3 is 2.79 bits per heavy atom. The van der Waals surface area contributed by atoms with Crippen molar-refractivity contribution in [3.63, 3.8) is 0 Å². The van der Waals surface area contributed by atoms with Crippen LogP contribution in [0.5, 0.6) is 0 Å². The number of nitrogens with one attached hydrogen (secondary N) is 2. The van der Waals surface area contributed by atoms with E-state index in [-0.39, 0.29) is 17.9 Å². The Bertz CT molecular complexity index is 659. The van der Waals surface area contributed by atoms with Gasteiger partial charge in [-0.05, 0) is 18.8 Å². The quantitative estimate of drug-likeness (QED) is 0.859. The second-order valence-electron chi connectivity index (χ2n) is 7.07. The van der Waals surface area contributed by atoms with E-state index in [1.807, 2.05) is 7.05 Å². The number of likely N-dealkylation sites (N-methyl/N-ethyl adjacent to an activating group) is 1. The van der Waals surface area contributed by atoms with Crippen LogP contribution in [-0.2, 0) is 17.6 Å². The second-order valence-corrected chi connectivity index (χ2v) is 7.07. The minimum absolute atomic E-state index is 0.123. The fraction of sp³-hybridized carbons (Fsp3) is 0.647. The minimum atomic E-state index is -0.123. The molecule has 7 heteroatoms. The van der Waals surface area contributed by atoms with Gasteiger partial charge in [0, 0.05) is 44.6 Å². The van der Waals surface area contributed by atoms with Crippen molar-refractivity contribution >= 4 is 17.6 Å². The first kappa shape index (κ1) is 16.7. The van der Waals surface area contributed by atoms with Gasteiger partial charge >= 0.3 is 0 Å². The van der Waals surface area contributed by atoms with Crippen LogP contribution in [0, 0.1) is 5.92 Å². The van der Waals surface area contributed by atoms with Crippen LogP contribution in [0.1, 0.15) is 48.6 Å². The molecule has 1 unspecified atom stereocenters. The molecule has 2 aliphatic rings. The van der Waals surface area contributed by atoms with Gasteiger partial charge in [-0.1, -0.05) is 13.8 Å². The molecule has 1 fully saturated rings. The number of likely N-dealkylation sites (tertiary alicyclic amines) is 1. The molecule has 1 atom stereocenters. The summed E-state index contributed by atoms with van der Waals surface area (Å²) in [6.45, 7) is 5.48.